The number of ether oxygens (including phenoxy) is 2. The standard InChI is InChI=1S/C14H19NO4/c1-3-13(16)15-12-7-5-11(6-8-12)14(17)19-10-9-18-4-2/h5-8H,3-4,9-10H2,1-2H3,(H,15,16). The predicted octanol–water partition coefficient (Wildman–Crippen LogP) is 2.23. The molecule has 0 saturated carbocycles. The van der Waals surface area contributed by atoms with Crippen LogP contribution < -0.4 is 5.32 Å². The molecule has 0 bridgehead atoms. The summed E-state index contributed by atoms with van der Waals surface area (Å²) in [5.74, 6) is -0.458. The Balaban J connectivity index is 2.46. The number of anilines is 1. The first kappa shape index (κ1) is 15.2. The van der Waals surface area contributed by atoms with Gasteiger partial charge in [0.05, 0.1) is 12.2 Å². The fraction of sp³-hybridized carbons (Fsp3) is 0.429. The van der Waals surface area contributed by atoms with Crippen molar-refractivity contribution in [2.45, 2.75) is 20.3 Å². The molecule has 19 heavy (non-hydrogen) atoms. The highest BCUT2D eigenvalue weighted by Crippen LogP contribution is 2.10. The van der Waals surface area contributed by atoms with Crippen molar-refractivity contribution in [2.75, 3.05) is 25.1 Å². The molecule has 1 rings (SSSR count). The van der Waals surface area contributed by atoms with Crippen LogP contribution in [0.1, 0.15) is 30.6 Å². The number of rotatable bonds is 7. The van der Waals surface area contributed by atoms with Crippen molar-refractivity contribution in [1.29, 1.82) is 0 Å². The van der Waals surface area contributed by atoms with Crippen molar-refractivity contribution in [1.82, 2.24) is 0 Å². The molecule has 0 radical (unpaired) electrons. The van der Waals surface area contributed by atoms with E-state index in [0.29, 0.717) is 30.9 Å². The molecule has 0 saturated heterocycles. The predicted molar refractivity (Wildman–Crippen MR) is 72.1 cm³/mol. The summed E-state index contributed by atoms with van der Waals surface area (Å²) in [6.45, 7) is 4.89. The topological polar surface area (TPSA) is 64.6 Å². The second-order valence-electron chi connectivity index (χ2n) is 3.81. The zero-order valence-corrected chi connectivity index (χ0v) is 11.3. The van der Waals surface area contributed by atoms with E-state index in [2.05, 4.69) is 5.32 Å². The molecule has 0 spiro atoms. The molecule has 0 aromatic heterocycles. The van der Waals surface area contributed by atoms with Gasteiger partial charge >= 0.3 is 5.97 Å². The Labute approximate surface area is 112 Å². The normalized spacial score (nSPS) is 10.0. The fourth-order valence-corrected chi connectivity index (χ4v) is 1.36. The molecule has 1 amide bonds. The highest BCUT2D eigenvalue weighted by atomic mass is 16.6. The fourth-order valence-electron chi connectivity index (χ4n) is 1.36. The SMILES string of the molecule is CCOCCOC(=O)c1ccc(NC(=O)CC)cc1. The van der Waals surface area contributed by atoms with Crippen LogP contribution in [0.4, 0.5) is 5.69 Å². The molecule has 0 aliphatic carbocycles. The van der Waals surface area contributed by atoms with Gasteiger partial charge in [-0.15, -0.1) is 0 Å². The zero-order chi connectivity index (χ0) is 14.1. The van der Waals surface area contributed by atoms with Crippen molar-refractivity contribution in [2.24, 2.45) is 0 Å². The van der Waals surface area contributed by atoms with Gasteiger partial charge in [-0.2, -0.15) is 0 Å². The van der Waals surface area contributed by atoms with Gasteiger partial charge in [0.2, 0.25) is 5.91 Å². The van der Waals surface area contributed by atoms with Crippen molar-refractivity contribution in [3.8, 4) is 0 Å². The maximum absolute atomic E-state index is 11.6. The summed E-state index contributed by atoms with van der Waals surface area (Å²) in [5.41, 5.74) is 1.11. The number of benzene rings is 1. The van der Waals surface area contributed by atoms with Crippen molar-refractivity contribution in [3.63, 3.8) is 0 Å². The minimum atomic E-state index is -0.395. The van der Waals surface area contributed by atoms with E-state index in [1.54, 1.807) is 31.2 Å². The Bertz CT molecular complexity index is 414. The second-order valence-corrected chi connectivity index (χ2v) is 3.81. The van der Waals surface area contributed by atoms with Gasteiger partial charge in [0.15, 0.2) is 0 Å². The number of nitrogens with one attached hydrogen (secondary N) is 1. The maximum Gasteiger partial charge on any atom is 0.338 e. The monoisotopic (exact) mass is 265 g/mol. The van der Waals surface area contributed by atoms with Gasteiger partial charge in [-0.3, -0.25) is 4.79 Å². The summed E-state index contributed by atoms with van der Waals surface area (Å²) in [6, 6.07) is 6.59. The smallest absolute Gasteiger partial charge is 0.338 e. The van der Waals surface area contributed by atoms with Crippen LogP contribution >= 0.6 is 0 Å². The summed E-state index contributed by atoms with van der Waals surface area (Å²) in [4.78, 5) is 22.8. The molecular formula is C14H19NO4. The van der Waals surface area contributed by atoms with E-state index in [4.69, 9.17) is 9.47 Å². The molecule has 1 aromatic carbocycles. The van der Waals surface area contributed by atoms with Gasteiger partial charge in [0.25, 0.3) is 0 Å². The molecule has 0 fully saturated rings. The summed E-state index contributed by atoms with van der Waals surface area (Å²) >= 11 is 0. The second kappa shape index (κ2) is 8.26. The number of esters is 1. The first-order valence-corrected chi connectivity index (χ1v) is 6.32. The molecule has 0 heterocycles. The number of hydrogen-bond donors (Lipinski definition) is 1. The Morgan fingerprint density at radius 1 is 1.11 bits per heavy atom. The average Bonchev–Trinajstić information content (AvgIpc) is 2.44. The van der Waals surface area contributed by atoms with Crippen LogP contribution in [-0.2, 0) is 14.3 Å². The lowest BCUT2D eigenvalue weighted by molar-refractivity contribution is -0.115. The summed E-state index contributed by atoms with van der Waals surface area (Å²) in [6.07, 6.45) is 0.418. The Hall–Kier alpha value is -1.88. The lowest BCUT2D eigenvalue weighted by Crippen LogP contribution is -2.12. The number of carbonyl (C=O) groups excluding carboxylic acids is 2. The van der Waals surface area contributed by atoms with Gasteiger partial charge in [-0.05, 0) is 31.2 Å². The minimum Gasteiger partial charge on any atom is -0.460 e. The lowest BCUT2D eigenvalue weighted by Gasteiger charge is -2.06. The molecule has 1 N–H and O–H groups in total. The van der Waals surface area contributed by atoms with Crippen LogP contribution in [0.5, 0.6) is 0 Å². The summed E-state index contributed by atoms with van der Waals surface area (Å²) < 4.78 is 10.1. The quantitative estimate of drug-likeness (QED) is 0.606. The molecule has 0 atom stereocenters. The van der Waals surface area contributed by atoms with Crippen molar-refractivity contribution in [3.05, 3.63) is 29.8 Å². The molecular weight excluding hydrogens is 246 g/mol. The van der Waals surface area contributed by atoms with Crippen LogP contribution in [0.25, 0.3) is 0 Å². The summed E-state index contributed by atoms with van der Waals surface area (Å²) in [5, 5.41) is 2.71. The van der Waals surface area contributed by atoms with Crippen LogP contribution in [0.3, 0.4) is 0 Å². The average molecular weight is 265 g/mol. The third-order valence-electron chi connectivity index (χ3n) is 2.39. The number of carbonyl (C=O) groups is 2. The van der Waals surface area contributed by atoms with E-state index >= 15 is 0 Å². The van der Waals surface area contributed by atoms with Gasteiger partial charge in [0.1, 0.15) is 6.61 Å². The number of hydrogen-bond acceptors (Lipinski definition) is 4. The van der Waals surface area contributed by atoms with Gasteiger partial charge in [-0.1, -0.05) is 6.92 Å². The van der Waals surface area contributed by atoms with Crippen LogP contribution in [0.2, 0.25) is 0 Å². The van der Waals surface area contributed by atoms with Crippen molar-refractivity contribution >= 4 is 17.6 Å². The van der Waals surface area contributed by atoms with Crippen molar-refractivity contribution < 1.29 is 19.1 Å². The summed E-state index contributed by atoms with van der Waals surface area (Å²) in [7, 11) is 0. The largest absolute Gasteiger partial charge is 0.460 e. The number of amides is 1. The third kappa shape index (κ3) is 5.52. The van der Waals surface area contributed by atoms with Gasteiger partial charge in [-0.25, -0.2) is 4.79 Å². The third-order valence-corrected chi connectivity index (χ3v) is 2.39. The first-order chi connectivity index (χ1) is 9.17. The molecule has 1 aromatic rings. The van der Waals surface area contributed by atoms with Crippen LogP contribution in [0, 0.1) is 0 Å². The lowest BCUT2D eigenvalue weighted by atomic mass is 10.2. The molecule has 0 aliphatic heterocycles. The molecule has 0 unspecified atom stereocenters. The van der Waals surface area contributed by atoms with E-state index in [1.165, 1.54) is 0 Å². The van der Waals surface area contributed by atoms with E-state index in [1.807, 2.05) is 6.92 Å². The Kier molecular flexibility index (Phi) is 6.60. The molecule has 5 nitrogen and oxygen atoms in total. The Morgan fingerprint density at radius 3 is 2.37 bits per heavy atom. The van der Waals surface area contributed by atoms with Crippen LogP contribution in [0.15, 0.2) is 24.3 Å². The molecule has 5 heteroatoms. The van der Waals surface area contributed by atoms with E-state index in [0.717, 1.165) is 0 Å². The molecule has 0 aliphatic rings. The Morgan fingerprint density at radius 2 is 1.79 bits per heavy atom. The first-order valence-electron chi connectivity index (χ1n) is 6.32. The van der Waals surface area contributed by atoms with Gasteiger partial charge in [0, 0.05) is 18.7 Å². The zero-order valence-electron chi connectivity index (χ0n) is 11.3. The van der Waals surface area contributed by atoms with E-state index < -0.39 is 5.97 Å². The maximum atomic E-state index is 11.6. The van der Waals surface area contributed by atoms with Gasteiger partial charge < -0.3 is 14.8 Å². The highest BCUT2D eigenvalue weighted by Gasteiger charge is 2.07. The van der Waals surface area contributed by atoms with E-state index in [-0.39, 0.29) is 12.5 Å². The van der Waals surface area contributed by atoms with E-state index in [9.17, 15) is 9.59 Å². The molecule has 104 valence electrons. The minimum absolute atomic E-state index is 0.0629. The van der Waals surface area contributed by atoms with Crippen LogP contribution in [-0.4, -0.2) is 31.7 Å². The highest BCUT2D eigenvalue weighted by molar-refractivity contribution is 5.92.